The minimum Gasteiger partial charge on any atom is -0.496 e. The van der Waals surface area contributed by atoms with Crippen molar-refractivity contribution in [2.24, 2.45) is 4.99 Å². The van der Waals surface area contributed by atoms with Crippen LogP contribution in [-0.4, -0.2) is 37.2 Å². The molecule has 2 N–H and O–H groups in total. The number of aromatic nitrogens is 1. The zero-order valence-corrected chi connectivity index (χ0v) is 16.5. The van der Waals surface area contributed by atoms with Crippen molar-refractivity contribution in [3.8, 4) is 11.5 Å². The van der Waals surface area contributed by atoms with Crippen molar-refractivity contribution in [1.29, 1.82) is 0 Å². The predicted octanol–water partition coefficient (Wildman–Crippen LogP) is 2.77. The lowest BCUT2D eigenvalue weighted by Gasteiger charge is -2.16. The molecule has 3 rings (SSSR count). The van der Waals surface area contributed by atoms with Gasteiger partial charge in [-0.3, -0.25) is 4.98 Å². The Balaban J connectivity index is 1.62. The number of nitrogens with zero attached hydrogens (tertiary/aromatic N) is 2. The molecule has 1 aromatic carbocycles. The molecular weight excluding hydrogens is 340 g/mol. The van der Waals surface area contributed by atoms with Crippen LogP contribution in [0.5, 0.6) is 11.5 Å². The Kier molecular flexibility index (Phi) is 6.16. The quantitative estimate of drug-likeness (QED) is 0.606. The van der Waals surface area contributed by atoms with Crippen LogP contribution in [0, 0.1) is 13.8 Å². The van der Waals surface area contributed by atoms with Crippen molar-refractivity contribution in [1.82, 2.24) is 15.6 Å². The minimum absolute atomic E-state index is 0.116. The molecule has 1 aliphatic heterocycles. The smallest absolute Gasteiger partial charge is 0.191 e. The highest BCUT2D eigenvalue weighted by atomic mass is 16.5. The number of rotatable bonds is 6. The highest BCUT2D eigenvalue weighted by molar-refractivity contribution is 5.79. The lowest BCUT2D eigenvalue weighted by atomic mass is 10.1. The van der Waals surface area contributed by atoms with Crippen LogP contribution in [0.1, 0.15) is 29.3 Å². The molecule has 0 bridgehead atoms. The standard InChI is InChI=1S/C21H28N4O2/c1-5-22-21(24-12-17-10-16-8-6-7-9-19(16)27-17)25-13-18-15(3)20(26-4)14(2)11-23-18/h6-9,11,17H,5,10,12-13H2,1-4H3,(H2,22,24,25). The second kappa shape index (κ2) is 8.75. The lowest BCUT2D eigenvalue weighted by molar-refractivity contribution is 0.235. The number of hydrogen-bond acceptors (Lipinski definition) is 4. The fourth-order valence-corrected chi connectivity index (χ4v) is 3.30. The number of ether oxygens (including phenoxy) is 2. The molecule has 27 heavy (non-hydrogen) atoms. The number of hydrogen-bond donors (Lipinski definition) is 2. The maximum Gasteiger partial charge on any atom is 0.191 e. The van der Waals surface area contributed by atoms with Crippen LogP contribution in [0.2, 0.25) is 0 Å². The van der Waals surface area contributed by atoms with Crippen molar-refractivity contribution >= 4 is 5.96 Å². The number of nitrogens with one attached hydrogen (secondary N) is 2. The summed E-state index contributed by atoms with van der Waals surface area (Å²) in [6, 6.07) is 8.20. The molecule has 0 aliphatic carbocycles. The second-order valence-corrected chi connectivity index (χ2v) is 6.67. The Bertz CT molecular complexity index is 795. The molecule has 0 saturated heterocycles. The first kappa shape index (κ1) is 19.0. The zero-order valence-electron chi connectivity index (χ0n) is 16.5. The van der Waals surface area contributed by atoms with Crippen LogP contribution in [0.4, 0.5) is 0 Å². The molecule has 0 radical (unpaired) electrons. The molecule has 0 spiro atoms. The molecule has 1 unspecified atom stereocenters. The average Bonchev–Trinajstić information content (AvgIpc) is 3.08. The normalized spacial score (nSPS) is 15.9. The van der Waals surface area contributed by atoms with Crippen molar-refractivity contribution in [3.05, 3.63) is 52.8 Å². The van der Waals surface area contributed by atoms with Crippen LogP contribution in [0.15, 0.2) is 35.5 Å². The highest BCUT2D eigenvalue weighted by Crippen LogP contribution is 2.27. The summed E-state index contributed by atoms with van der Waals surface area (Å²) in [7, 11) is 1.69. The lowest BCUT2D eigenvalue weighted by Crippen LogP contribution is -2.42. The van der Waals surface area contributed by atoms with Crippen LogP contribution in [-0.2, 0) is 13.0 Å². The summed E-state index contributed by atoms with van der Waals surface area (Å²) in [6.07, 6.45) is 2.87. The number of para-hydroxylation sites is 1. The Morgan fingerprint density at radius 1 is 1.30 bits per heavy atom. The Morgan fingerprint density at radius 3 is 2.85 bits per heavy atom. The monoisotopic (exact) mass is 368 g/mol. The van der Waals surface area contributed by atoms with Gasteiger partial charge in [-0.15, -0.1) is 0 Å². The molecule has 0 amide bonds. The van der Waals surface area contributed by atoms with Gasteiger partial charge >= 0.3 is 0 Å². The van der Waals surface area contributed by atoms with E-state index < -0.39 is 0 Å². The molecule has 6 nitrogen and oxygen atoms in total. The molecule has 2 heterocycles. The van der Waals surface area contributed by atoms with E-state index >= 15 is 0 Å². The number of aryl methyl sites for hydroxylation is 1. The summed E-state index contributed by atoms with van der Waals surface area (Å²) in [5, 5.41) is 6.66. The van der Waals surface area contributed by atoms with Gasteiger partial charge in [-0.2, -0.15) is 0 Å². The van der Waals surface area contributed by atoms with Crippen molar-refractivity contribution < 1.29 is 9.47 Å². The van der Waals surface area contributed by atoms with Crippen molar-refractivity contribution in [3.63, 3.8) is 0 Å². The maximum atomic E-state index is 5.99. The number of aliphatic imine (C=N–C) groups is 1. The maximum absolute atomic E-state index is 5.99. The summed E-state index contributed by atoms with van der Waals surface area (Å²) in [5.74, 6) is 2.63. The SMILES string of the molecule is CCNC(=NCc1ncc(C)c(OC)c1C)NCC1Cc2ccccc2O1. The molecule has 1 atom stereocenters. The van der Waals surface area contributed by atoms with Crippen LogP contribution in [0.3, 0.4) is 0 Å². The van der Waals surface area contributed by atoms with Crippen molar-refractivity contribution in [2.45, 2.75) is 39.8 Å². The second-order valence-electron chi connectivity index (χ2n) is 6.67. The molecule has 2 aromatic rings. The van der Waals surface area contributed by atoms with Crippen LogP contribution < -0.4 is 20.1 Å². The van der Waals surface area contributed by atoms with Crippen molar-refractivity contribution in [2.75, 3.05) is 20.2 Å². The number of guanidine groups is 1. The van der Waals surface area contributed by atoms with Gasteiger partial charge in [0.15, 0.2) is 5.96 Å². The van der Waals surface area contributed by atoms with E-state index in [1.54, 1.807) is 7.11 Å². The van der Waals surface area contributed by atoms with Crippen LogP contribution >= 0.6 is 0 Å². The number of methoxy groups -OCH3 is 1. The van der Waals surface area contributed by atoms with Gasteiger partial charge in [0.2, 0.25) is 0 Å². The Morgan fingerprint density at radius 2 is 2.11 bits per heavy atom. The molecule has 144 valence electrons. The van der Waals surface area contributed by atoms with E-state index in [0.717, 1.165) is 47.2 Å². The predicted molar refractivity (Wildman–Crippen MR) is 108 cm³/mol. The third kappa shape index (κ3) is 4.51. The third-order valence-electron chi connectivity index (χ3n) is 4.69. The first-order chi connectivity index (χ1) is 13.1. The summed E-state index contributed by atoms with van der Waals surface area (Å²) in [4.78, 5) is 9.20. The van der Waals surface area contributed by atoms with Gasteiger partial charge in [-0.1, -0.05) is 18.2 Å². The van der Waals surface area contributed by atoms with E-state index in [-0.39, 0.29) is 6.10 Å². The first-order valence-corrected chi connectivity index (χ1v) is 9.38. The molecule has 1 aliphatic rings. The van der Waals surface area contributed by atoms with Gasteiger partial charge in [-0.25, -0.2) is 4.99 Å². The minimum atomic E-state index is 0.116. The van der Waals surface area contributed by atoms with Gasteiger partial charge in [0, 0.05) is 30.3 Å². The summed E-state index contributed by atoms with van der Waals surface area (Å²) >= 11 is 0. The van der Waals surface area contributed by atoms with E-state index in [1.807, 2.05) is 32.2 Å². The van der Waals surface area contributed by atoms with Gasteiger partial charge < -0.3 is 20.1 Å². The molecule has 0 saturated carbocycles. The molecule has 1 aromatic heterocycles. The Labute approximate surface area is 161 Å². The molecular formula is C21H28N4O2. The zero-order chi connectivity index (χ0) is 19.2. The fourth-order valence-electron chi connectivity index (χ4n) is 3.30. The Hall–Kier alpha value is -2.76. The van der Waals surface area contributed by atoms with Gasteiger partial charge in [-0.05, 0) is 32.4 Å². The van der Waals surface area contributed by atoms with Gasteiger partial charge in [0.25, 0.3) is 0 Å². The molecule has 6 heteroatoms. The third-order valence-corrected chi connectivity index (χ3v) is 4.69. The van der Waals surface area contributed by atoms with E-state index in [4.69, 9.17) is 9.47 Å². The van der Waals surface area contributed by atoms with E-state index in [2.05, 4.69) is 39.7 Å². The number of fused-ring (bicyclic) bond motifs is 1. The van der Waals surface area contributed by atoms with E-state index in [0.29, 0.717) is 13.1 Å². The molecule has 0 fully saturated rings. The van der Waals surface area contributed by atoms with Gasteiger partial charge in [0.05, 0.1) is 25.9 Å². The summed E-state index contributed by atoms with van der Waals surface area (Å²) in [5.41, 5.74) is 4.24. The number of benzene rings is 1. The summed E-state index contributed by atoms with van der Waals surface area (Å²) < 4.78 is 11.5. The highest BCUT2D eigenvalue weighted by Gasteiger charge is 2.22. The van der Waals surface area contributed by atoms with Gasteiger partial charge in [0.1, 0.15) is 17.6 Å². The van der Waals surface area contributed by atoms with E-state index in [9.17, 15) is 0 Å². The first-order valence-electron chi connectivity index (χ1n) is 9.38. The fraction of sp³-hybridized carbons (Fsp3) is 0.429. The number of pyridine rings is 1. The average molecular weight is 368 g/mol. The van der Waals surface area contributed by atoms with Crippen LogP contribution in [0.25, 0.3) is 0 Å². The topological polar surface area (TPSA) is 67.8 Å². The largest absolute Gasteiger partial charge is 0.496 e. The van der Waals surface area contributed by atoms with E-state index in [1.165, 1.54) is 5.56 Å². The summed E-state index contributed by atoms with van der Waals surface area (Å²) in [6.45, 7) is 8.05.